The topological polar surface area (TPSA) is 80.0 Å². The second-order valence-electron chi connectivity index (χ2n) is 8.44. The average molecular weight is 442 g/mol. The zero-order valence-corrected chi connectivity index (χ0v) is 19.0. The summed E-state index contributed by atoms with van der Waals surface area (Å²) >= 11 is 0. The number of piperazine rings is 1. The highest BCUT2D eigenvalue weighted by Gasteiger charge is 2.17. The zero-order chi connectivity index (χ0) is 22.8. The molecule has 5 rings (SSSR count). The van der Waals surface area contributed by atoms with Crippen LogP contribution in [-0.4, -0.2) is 68.6 Å². The number of hydrogen-bond donors (Lipinski definition) is 0. The first-order valence-electron chi connectivity index (χ1n) is 11.3. The summed E-state index contributed by atoms with van der Waals surface area (Å²) in [5.41, 5.74) is 3.55. The second-order valence-corrected chi connectivity index (χ2v) is 8.44. The predicted molar refractivity (Wildman–Crippen MR) is 128 cm³/mol. The Morgan fingerprint density at radius 3 is 2.64 bits per heavy atom. The molecule has 1 fully saturated rings. The van der Waals surface area contributed by atoms with Crippen LogP contribution in [0.2, 0.25) is 0 Å². The maximum Gasteiger partial charge on any atom is 0.170 e. The summed E-state index contributed by atoms with van der Waals surface area (Å²) in [6.45, 7) is 6.69. The molecule has 0 spiro atoms. The van der Waals surface area contributed by atoms with Crippen molar-refractivity contribution in [3.8, 4) is 11.1 Å². The van der Waals surface area contributed by atoms with Gasteiger partial charge >= 0.3 is 0 Å². The van der Waals surface area contributed by atoms with Crippen LogP contribution in [0.5, 0.6) is 0 Å². The lowest BCUT2D eigenvalue weighted by molar-refractivity contribution is 0.0991. The molecule has 0 unspecified atom stereocenters. The van der Waals surface area contributed by atoms with Crippen molar-refractivity contribution in [3.05, 3.63) is 66.5 Å². The van der Waals surface area contributed by atoms with Crippen LogP contribution in [0.3, 0.4) is 0 Å². The van der Waals surface area contributed by atoms with Crippen LogP contribution in [0.4, 0.5) is 5.82 Å². The molecule has 1 saturated heterocycles. The maximum absolute atomic E-state index is 13.0. The van der Waals surface area contributed by atoms with Crippen molar-refractivity contribution in [1.82, 2.24) is 29.6 Å². The first-order valence-corrected chi connectivity index (χ1v) is 11.3. The van der Waals surface area contributed by atoms with E-state index >= 15 is 0 Å². The standard InChI is InChI=1S/C25H27N7O/c1-3-32-17-21(16-28-32)18-4-5-20-15-27-24(29-22(20)12-18)14-23(33)19-6-7-26-25(13-19)31-10-8-30(2)9-11-31/h4-7,12-13,15-17H,3,8-11,14H2,1-2H3. The van der Waals surface area contributed by atoms with Crippen LogP contribution in [0.25, 0.3) is 22.0 Å². The van der Waals surface area contributed by atoms with E-state index in [1.165, 1.54) is 0 Å². The Bertz CT molecular complexity index is 1290. The van der Waals surface area contributed by atoms with E-state index in [0.717, 1.165) is 60.6 Å². The fourth-order valence-electron chi connectivity index (χ4n) is 4.06. The van der Waals surface area contributed by atoms with Crippen LogP contribution in [0.1, 0.15) is 23.1 Å². The Morgan fingerprint density at radius 1 is 1.00 bits per heavy atom. The lowest BCUT2D eigenvalue weighted by Crippen LogP contribution is -2.44. The van der Waals surface area contributed by atoms with Gasteiger partial charge in [0.05, 0.1) is 18.1 Å². The van der Waals surface area contributed by atoms with Crippen LogP contribution < -0.4 is 4.90 Å². The van der Waals surface area contributed by atoms with E-state index in [2.05, 4.69) is 43.8 Å². The third-order valence-corrected chi connectivity index (χ3v) is 6.14. The minimum absolute atomic E-state index is 0.00694. The molecule has 168 valence electrons. The largest absolute Gasteiger partial charge is 0.354 e. The molecule has 0 amide bonds. The van der Waals surface area contributed by atoms with Gasteiger partial charge in [0, 0.05) is 67.8 Å². The van der Waals surface area contributed by atoms with Gasteiger partial charge in [0.25, 0.3) is 0 Å². The molecule has 0 atom stereocenters. The molecular formula is C25H27N7O. The number of aryl methyl sites for hydroxylation is 1. The lowest BCUT2D eigenvalue weighted by atomic mass is 10.1. The molecule has 8 nitrogen and oxygen atoms in total. The third-order valence-electron chi connectivity index (χ3n) is 6.14. The van der Waals surface area contributed by atoms with Gasteiger partial charge in [-0.05, 0) is 37.7 Å². The van der Waals surface area contributed by atoms with Gasteiger partial charge in [0.2, 0.25) is 0 Å². The normalized spacial score (nSPS) is 14.7. The quantitative estimate of drug-likeness (QED) is 0.425. The molecule has 1 aromatic carbocycles. The number of likely N-dealkylation sites (N-methyl/N-ethyl adjacent to an activating group) is 1. The highest BCUT2D eigenvalue weighted by molar-refractivity contribution is 5.98. The van der Waals surface area contributed by atoms with Gasteiger partial charge in [-0.3, -0.25) is 9.48 Å². The maximum atomic E-state index is 13.0. The number of benzene rings is 1. The van der Waals surface area contributed by atoms with Gasteiger partial charge < -0.3 is 9.80 Å². The molecule has 0 N–H and O–H groups in total. The molecule has 0 bridgehead atoms. The van der Waals surface area contributed by atoms with Crippen molar-refractivity contribution in [2.75, 3.05) is 38.1 Å². The molecule has 3 aromatic heterocycles. The molecule has 8 heteroatoms. The summed E-state index contributed by atoms with van der Waals surface area (Å²) in [6.07, 6.45) is 7.53. The molecular weight excluding hydrogens is 414 g/mol. The smallest absolute Gasteiger partial charge is 0.170 e. The molecule has 0 saturated carbocycles. The number of ketones is 1. The number of hydrogen-bond acceptors (Lipinski definition) is 7. The average Bonchev–Trinajstić information content (AvgIpc) is 3.34. The van der Waals surface area contributed by atoms with Crippen molar-refractivity contribution in [3.63, 3.8) is 0 Å². The van der Waals surface area contributed by atoms with Gasteiger partial charge in [-0.2, -0.15) is 5.10 Å². The van der Waals surface area contributed by atoms with Gasteiger partial charge in [-0.1, -0.05) is 12.1 Å². The molecule has 4 heterocycles. The van der Waals surface area contributed by atoms with E-state index in [-0.39, 0.29) is 12.2 Å². The number of carbonyl (C=O) groups is 1. The molecule has 0 aliphatic carbocycles. The zero-order valence-electron chi connectivity index (χ0n) is 19.0. The van der Waals surface area contributed by atoms with Crippen molar-refractivity contribution >= 4 is 22.5 Å². The van der Waals surface area contributed by atoms with Crippen LogP contribution in [0, 0.1) is 0 Å². The number of rotatable bonds is 6. The summed E-state index contributed by atoms with van der Waals surface area (Å²) in [4.78, 5) is 31.1. The number of fused-ring (bicyclic) bond motifs is 1. The van der Waals surface area contributed by atoms with E-state index in [0.29, 0.717) is 11.4 Å². The van der Waals surface area contributed by atoms with Gasteiger partial charge in [0.1, 0.15) is 11.6 Å². The van der Waals surface area contributed by atoms with Crippen LogP contribution >= 0.6 is 0 Å². The predicted octanol–water partition coefficient (Wildman–Crippen LogP) is 3.09. The second kappa shape index (κ2) is 9.07. The van der Waals surface area contributed by atoms with E-state index < -0.39 is 0 Å². The van der Waals surface area contributed by atoms with Crippen LogP contribution in [0.15, 0.2) is 55.1 Å². The number of aromatic nitrogens is 5. The molecule has 33 heavy (non-hydrogen) atoms. The summed E-state index contributed by atoms with van der Waals surface area (Å²) in [7, 11) is 2.12. The minimum Gasteiger partial charge on any atom is -0.354 e. The van der Waals surface area contributed by atoms with E-state index in [4.69, 9.17) is 0 Å². The summed E-state index contributed by atoms with van der Waals surface area (Å²) < 4.78 is 1.90. The van der Waals surface area contributed by atoms with Crippen molar-refractivity contribution in [2.24, 2.45) is 0 Å². The fraction of sp³-hybridized carbons (Fsp3) is 0.320. The Morgan fingerprint density at radius 2 is 1.85 bits per heavy atom. The molecule has 1 aliphatic heterocycles. The van der Waals surface area contributed by atoms with Gasteiger partial charge in [0.15, 0.2) is 5.78 Å². The number of anilines is 1. The number of pyridine rings is 1. The number of nitrogens with zero attached hydrogens (tertiary/aromatic N) is 7. The highest BCUT2D eigenvalue weighted by Crippen LogP contribution is 2.23. The number of carbonyl (C=O) groups excluding carboxylic acids is 1. The molecule has 4 aromatic rings. The molecule has 1 aliphatic rings. The van der Waals surface area contributed by atoms with Gasteiger partial charge in [-0.25, -0.2) is 15.0 Å². The van der Waals surface area contributed by atoms with E-state index in [9.17, 15) is 4.79 Å². The first-order chi connectivity index (χ1) is 16.1. The fourth-order valence-corrected chi connectivity index (χ4v) is 4.06. The van der Waals surface area contributed by atoms with E-state index in [1.807, 2.05) is 41.3 Å². The Balaban J connectivity index is 1.35. The summed E-state index contributed by atoms with van der Waals surface area (Å²) in [6, 6.07) is 9.74. The molecule has 0 radical (unpaired) electrons. The third kappa shape index (κ3) is 4.61. The first kappa shape index (κ1) is 21.2. The number of Topliss-reactive ketones (excluding diaryl/α,β-unsaturated/α-hetero) is 1. The van der Waals surface area contributed by atoms with Crippen LogP contribution in [-0.2, 0) is 13.0 Å². The lowest BCUT2D eigenvalue weighted by Gasteiger charge is -2.33. The SMILES string of the molecule is CCn1cc(-c2ccc3cnc(CC(=O)c4ccnc(N5CCN(C)CC5)c4)nc3c2)cn1. The Hall–Kier alpha value is -3.65. The van der Waals surface area contributed by atoms with Crippen molar-refractivity contribution in [1.29, 1.82) is 0 Å². The minimum atomic E-state index is -0.00694. The Kier molecular flexibility index (Phi) is 5.83. The van der Waals surface area contributed by atoms with E-state index in [1.54, 1.807) is 18.5 Å². The van der Waals surface area contributed by atoms with Crippen molar-refractivity contribution in [2.45, 2.75) is 19.9 Å². The van der Waals surface area contributed by atoms with Crippen molar-refractivity contribution < 1.29 is 4.79 Å². The summed E-state index contributed by atoms with van der Waals surface area (Å²) in [5, 5.41) is 5.30. The highest BCUT2D eigenvalue weighted by atomic mass is 16.1. The summed E-state index contributed by atoms with van der Waals surface area (Å²) in [5.74, 6) is 1.37. The van der Waals surface area contributed by atoms with Gasteiger partial charge in [-0.15, -0.1) is 0 Å². The monoisotopic (exact) mass is 441 g/mol. The Labute approximate surface area is 192 Å².